The molecule has 0 aromatic rings. The van der Waals surface area contributed by atoms with Gasteiger partial charge in [-0.15, -0.1) is 6.58 Å². The minimum absolute atomic E-state index is 0.188. The quantitative estimate of drug-likeness (QED) is 0.570. The first-order valence-corrected chi connectivity index (χ1v) is 6.20. The Bertz CT molecular complexity index is 366. The standard InChI is InChI=1S/C14H21NO3/c1-5-6-7-8-11-9-10-12(16)15(11)13(17)18-14(2,3)4/h5,9-11H,1,6-8H2,2-4H3. The van der Waals surface area contributed by atoms with E-state index in [9.17, 15) is 9.59 Å². The Morgan fingerprint density at radius 3 is 2.78 bits per heavy atom. The molecule has 0 saturated carbocycles. The lowest BCUT2D eigenvalue weighted by atomic mass is 10.1. The van der Waals surface area contributed by atoms with Crippen molar-refractivity contribution in [2.45, 2.75) is 51.7 Å². The summed E-state index contributed by atoms with van der Waals surface area (Å²) in [5.41, 5.74) is -0.592. The topological polar surface area (TPSA) is 46.6 Å². The van der Waals surface area contributed by atoms with Crippen LogP contribution in [0, 0.1) is 0 Å². The number of hydrogen-bond acceptors (Lipinski definition) is 3. The highest BCUT2D eigenvalue weighted by atomic mass is 16.6. The van der Waals surface area contributed by atoms with Gasteiger partial charge in [-0.1, -0.05) is 12.2 Å². The number of carbonyl (C=O) groups excluding carboxylic acids is 2. The third-order valence-electron chi connectivity index (χ3n) is 2.53. The van der Waals surface area contributed by atoms with Crippen LogP contribution < -0.4 is 0 Å². The van der Waals surface area contributed by atoms with Gasteiger partial charge in [-0.3, -0.25) is 4.79 Å². The Morgan fingerprint density at radius 2 is 2.22 bits per heavy atom. The molecule has 0 fully saturated rings. The number of amides is 2. The average Bonchev–Trinajstić information content (AvgIpc) is 2.58. The van der Waals surface area contributed by atoms with Gasteiger partial charge in [0, 0.05) is 6.08 Å². The largest absolute Gasteiger partial charge is 0.443 e. The monoisotopic (exact) mass is 251 g/mol. The second kappa shape index (κ2) is 5.85. The van der Waals surface area contributed by atoms with Crippen molar-refractivity contribution in [2.75, 3.05) is 0 Å². The molecule has 0 aromatic carbocycles. The van der Waals surface area contributed by atoms with Crippen molar-refractivity contribution in [1.82, 2.24) is 4.90 Å². The van der Waals surface area contributed by atoms with Gasteiger partial charge in [0.1, 0.15) is 5.60 Å². The van der Waals surface area contributed by atoms with E-state index in [2.05, 4.69) is 6.58 Å². The number of imide groups is 1. The summed E-state index contributed by atoms with van der Waals surface area (Å²) in [6.07, 6.45) is 6.97. The Kier molecular flexibility index (Phi) is 4.70. The third kappa shape index (κ3) is 4.02. The summed E-state index contributed by atoms with van der Waals surface area (Å²) in [5, 5.41) is 0. The van der Waals surface area contributed by atoms with Crippen molar-refractivity contribution >= 4 is 12.0 Å². The molecule has 1 unspecified atom stereocenters. The SMILES string of the molecule is C=CCCCC1C=CC(=O)N1C(=O)OC(C)(C)C. The second-order valence-corrected chi connectivity index (χ2v) is 5.33. The zero-order valence-corrected chi connectivity index (χ0v) is 11.3. The predicted octanol–water partition coefficient (Wildman–Crippen LogP) is 3.04. The van der Waals surface area contributed by atoms with E-state index < -0.39 is 11.7 Å². The van der Waals surface area contributed by atoms with E-state index in [4.69, 9.17) is 4.74 Å². The Hall–Kier alpha value is -1.58. The van der Waals surface area contributed by atoms with Crippen LogP contribution in [0.1, 0.15) is 40.0 Å². The van der Waals surface area contributed by atoms with Crippen LogP contribution in [-0.2, 0) is 9.53 Å². The van der Waals surface area contributed by atoms with Crippen LogP contribution in [0.3, 0.4) is 0 Å². The number of nitrogens with zero attached hydrogens (tertiary/aromatic N) is 1. The summed E-state index contributed by atoms with van der Waals surface area (Å²) in [5.74, 6) is -0.298. The minimum Gasteiger partial charge on any atom is -0.443 e. The zero-order valence-electron chi connectivity index (χ0n) is 11.3. The third-order valence-corrected chi connectivity index (χ3v) is 2.53. The summed E-state index contributed by atoms with van der Waals surface area (Å²) in [4.78, 5) is 24.8. The molecular formula is C14H21NO3. The van der Waals surface area contributed by atoms with Crippen molar-refractivity contribution in [1.29, 1.82) is 0 Å². The molecule has 1 aliphatic heterocycles. The molecule has 4 nitrogen and oxygen atoms in total. The molecule has 1 heterocycles. The van der Waals surface area contributed by atoms with Crippen LogP contribution in [0.25, 0.3) is 0 Å². The minimum atomic E-state index is -0.592. The van der Waals surface area contributed by atoms with E-state index in [1.807, 2.05) is 6.08 Å². The first kappa shape index (κ1) is 14.5. The highest BCUT2D eigenvalue weighted by Crippen LogP contribution is 2.20. The molecule has 0 aliphatic carbocycles. The van der Waals surface area contributed by atoms with E-state index in [1.165, 1.54) is 11.0 Å². The van der Waals surface area contributed by atoms with Crippen LogP contribution in [0.2, 0.25) is 0 Å². The van der Waals surface area contributed by atoms with Crippen molar-refractivity contribution < 1.29 is 14.3 Å². The molecule has 1 atom stereocenters. The van der Waals surface area contributed by atoms with Gasteiger partial charge in [-0.05, 0) is 40.0 Å². The maximum atomic E-state index is 11.9. The fourth-order valence-corrected chi connectivity index (χ4v) is 1.76. The summed E-state index contributed by atoms with van der Waals surface area (Å²) >= 11 is 0. The van der Waals surface area contributed by atoms with E-state index in [-0.39, 0.29) is 11.9 Å². The van der Waals surface area contributed by atoms with Crippen molar-refractivity contribution in [3.05, 3.63) is 24.8 Å². The van der Waals surface area contributed by atoms with Gasteiger partial charge >= 0.3 is 6.09 Å². The normalized spacial score (nSPS) is 19.2. The second-order valence-electron chi connectivity index (χ2n) is 5.33. The number of allylic oxidation sites excluding steroid dienone is 1. The fourth-order valence-electron chi connectivity index (χ4n) is 1.76. The number of hydrogen-bond donors (Lipinski definition) is 0. The van der Waals surface area contributed by atoms with Gasteiger partial charge < -0.3 is 4.74 Å². The molecule has 0 bridgehead atoms. The van der Waals surface area contributed by atoms with Crippen LogP contribution in [0.15, 0.2) is 24.8 Å². The van der Waals surface area contributed by atoms with Gasteiger partial charge in [0.2, 0.25) is 0 Å². The summed E-state index contributed by atoms with van der Waals surface area (Å²) in [6, 6.07) is -0.188. The average molecular weight is 251 g/mol. The molecule has 2 amide bonds. The number of carbonyl (C=O) groups is 2. The molecule has 4 heteroatoms. The molecular weight excluding hydrogens is 230 g/mol. The van der Waals surface area contributed by atoms with Gasteiger partial charge in [-0.25, -0.2) is 9.69 Å². The molecule has 0 radical (unpaired) electrons. The molecule has 0 aromatic heterocycles. The number of rotatable bonds is 4. The first-order chi connectivity index (χ1) is 8.35. The van der Waals surface area contributed by atoms with Crippen LogP contribution in [0.5, 0.6) is 0 Å². The highest BCUT2D eigenvalue weighted by Gasteiger charge is 2.34. The molecule has 0 saturated heterocycles. The van der Waals surface area contributed by atoms with Crippen LogP contribution in [0.4, 0.5) is 4.79 Å². The molecule has 1 aliphatic rings. The molecule has 1 rings (SSSR count). The van der Waals surface area contributed by atoms with Gasteiger partial charge in [-0.2, -0.15) is 0 Å². The van der Waals surface area contributed by atoms with Gasteiger partial charge in [0.15, 0.2) is 0 Å². The Morgan fingerprint density at radius 1 is 1.56 bits per heavy atom. The maximum Gasteiger partial charge on any atom is 0.417 e. The fraction of sp³-hybridized carbons (Fsp3) is 0.571. The van der Waals surface area contributed by atoms with E-state index in [0.717, 1.165) is 19.3 Å². The number of ether oxygens (including phenoxy) is 1. The highest BCUT2D eigenvalue weighted by molar-refractivity contribution is 6.01. The lowest BCUT2D eigenvalue weighted by Crippen LogP contribution is -2.42. The zero-order chi connectivity index (χ0) is 13.8. The summed E-state index contributed by atoms with van der Waals surface area (Å²) in [6.45, 7) is 9.00. The number of unbranched alkanes of at least 4 members (excludes halogenated alkanes) is 1. The van der Waals surface area contributed by atoms with Crippen molar-refractivity contribution in [3.8, 4) is 0 Å². The summed E-state index contributed by atoms with van der Waals surface area (Å²) in [7, 11) is 0. The van der Waals surface area contributed by atoms with E-state index >= 15 is 0 Å². The maximum absolute atomic E-state index is 11.9. The van der Waals surface area contributed by atoms with Crippen molar-refractivity contribution in [3.63, 3.8) is 0 Å². The molecule has 0 N–H and O–H groups in total. The Labute approximate surface area is 108 Å². The van der Waals surface area contributed by atoms with Gasteiger partial charge in [0.25, 0.3) is 5.91 Å². The lowest BCUT2D eigenvalue weighted by Gasteiger charge is -2.27. The van der Waals surface area contributed by atoms with E-state index in [1.54, 1.807) is 26.8 Å². The Balaban J connectivity index is 2.63. The molecule has 18 heavy (non-hydrogen) atoms. The smallest absolute Gasteiger partial charge is 0.417 e. The predicted molar refractivity (Wildman–Crippen MR) is 70.1 cm³/mol. The van der Waals surface area contributed by atoms with Gasteiger partial charge in [0.05, 0.1) is 6.04 Å². The first-order valence-electron chi connectivity index (χ1n) is 6.20. The van der Waals surface area contributed by atoms with E-state index in [0.29, 0.717) is 0 Å². The van der Waals surface area contributed by atoms with Crippen molar-refractivity contribution in [2.24, 2.45) is 0 Å². The molecule has 100 valence electrons. The van der Waals surface area contributed by atoms with Crippen LogP contribution >= 0.6 is 0 Å². The lowest BCUT2D eigenvalue weighted by molar-refractivity contribution is -0.125. The van der Waals surface area contributed by atoms with Crippen LogP contribution in [-0.4, -0.2) is 28.5 Å². The molecule has 0 spiro atoms. The summed E-state index contributed by atoms with van der Waals surface area (Å²) < 4.78 is 5.23.